The maximum Gasteiger partial charge on any atom is 0.315 e. The van der Waals surface area contributed by atoms with Crippen LogP contribution in [0.1, 0.15) is 34.2 Å². The Morgan fingerprint density at radius 1 is 0.903 bits per heavy atom. The lowest BCUT2D eigenvalue weighted by Gasteiger charge is -2.27. The lowest BCUT2D eigenvalue weighted by Crippen LogP contribution is -2.36. The van der Waals surface area contributed by atoms with E-state index in [4.69, 9.17) is 4.74 Å². The summed E-state index contributed by atoms with van der Waals surface area (Å²) in [7, 11) is -2.61. The predicted octanol–water partition coefficient (Wildman–Crippen LogP) is 5.04. The molecule has 0 fully saturated rings. The lowest BCUT2D eigenvalue weighted by atomic mass is 9.87. The number of hydrogen-bond donors (Lipinski definition) is 1. The van der Waals surface area contributed by atoms with Crippen molar-refractivity contribution in [1.82, 2.24) is 4.72 Å². The molecule has 3 aromatic rings. The zero-order valence-corrected chi connectivity index (χ0v) is 19.9. The van der Waals surface area contributed by atoms with E-state index in [0.29, 0.717) is 11.1 Å². The number of ether oxygens (including phenoxy) is 1. The van der Waals surface area contributed by atoms with Gasteiger partial charge in [0.25, 0.3) is 0 Å². The van der Waals surface area contributed by atoms with Crippen LogP contribution in [0.4, 0.5) is 0 Å². The number of rotatable bonds is 7. The van der Waals surface area contributed by atoms with Gasteiger partial charge in [0, 0.05) is 4.47 Å². The molecule has 0 spiro atoms. The van der Waals surface area contributed by atoms with Gasteiger partial charge in [0.05, 0.1) is 18.0 Å². The van der Waals surface area contributed by atoms with Gasteiger partial charge in [-0.1, -0.05) is 75.6 Å². The molecular weight excluding hydrogens is 478 g/mol. The quantitative estimate of drug-likeness (QED) is 0.460. The molecule has 2 atom stereocenters. The Labute approximate surface area is 191 Å². The van der Waals surface area contributed by atoms with Crippen LogP contribution < -0.4 is 4.72 Å². The van der Waals surface area contributed by atoms with Gasteiger partial charge in [-0.05, 0) is 49.2 Å². The van der Waals surface area contributed by atoms with Crippen LogP contribution in [0.3, 0.4) is 0 Å². The number of halogens is 1. The zero-order valence-electron chi connectivity index (χ0n) is 17.5. The highest BCUT2D eigenvalue weighted by molar-refractivity contribution is 9.10. The fourth-order valence-corrected chi connectivity index (χ4v) is 4.91. The Morgan fingerprint density at radius 2 is 1.55 bits per heavy atom. The molecule has 0 aliphatic heterocycles. The molecule has 0 bridgehead atoms. The van der Waals surface area contributed by atoms with Crippen LogP contribution in [-0.4, -0.2) is 21.5 Å². The number of carbonyl (C=O) groups is 1. The fourth-order valence-electron chi connectivity index (χ4n) is 3.41. The van der Waals surface area contributed by atoms with E-state index in [2.05, 4.69) is 20.7 Å². The van der Waals surface area contributed by atoms with E-state index < -0.39 is 28.0 Å². The van der Waals surface area contributed by atoms with Crippen molar-refractivity contribution in [3.8, 4) is 0 Å². The van der Waals surface area contributed by atoms with E-state index in [0.717, 1.165) is 15.6 Å². The average molecular weight is 502 g/mol. The molecule has 0 radical (unpaired) electrons. The highest BCUT2D eigenvalue weighted by Gasteiger charge is 2.35. The Morgan fingerprint density at radius 3 is 2.13 bits per heavy atom. The first kappa shape index (κ1) is 23.2. The molecule has 0 saturated carbocycles. The number of esters is 1. The summed E-state index contributed by atoms with van der Waals surface area (Å²) in [6, 6.07) is 20.4. The van der Waals surface area contributed by atoms with Crippen LogP contribution in [0.15, 0.2) is 82.2 Å². The minimum Gasteiger partial charge on any atom is -0.468 e. The largest absolute Gasteiger partial charge is 0.468 e. The molecule has 5 nitrogen and oxygen atoms in total. The van der Waals surface area contributed by atoms with Gasteiger partial charge in [0.1, 0.15) is 5.92 Å². The van der Waals surface area contributed by atoms with Crippen LogP contribution in [0, 0.1) is 13.8 Å². The van der Waals surface area contributed by atoms with Gasteiger partial charge in [-0.15, -0.1) is 0 Å². The third-order valence-corrected chi connectivity index (χ3v) is 7.02. The molecule has 0 aliphatic carbocycles. The highest BCUT2D eigenvalue weighted by Crippen LogP contribution is 2.34. The standard InChI is InChI=1S/C24H24BrNO4S/c1-16-7-13-21(14-8-16)31(28,29)26-23(18-9-11-20(25)12-10-18)22(24(27)30-3)19-6-4-5-17(2)15-19/h4-15,22-23,26H,1-3H3/t22-,23-/m0/s1. The first-order chi connectivity index (χ1) is 14.7. The number of carbonyl (C=O) groups excluding carboxylic acids is 1. The van der Waals surface area contributed by atoms with E-state index in [1.54, 1.807) is 42.5 Å². The third-order valence-electron chi connectivity index (χ3n) is 5.03. The maximum absolute atomic E-state index is 13.2. The second-order valence-electron chi connectivity index (χ2n) is 7.38. The Bertz CT molecular complexity index is 1160. The summed E-state index contributed by atoms with van der Waals surface area (Å²) in [5.74, 6) is -1.39. The molecule has 0 aromatic heterocycles. The van der Waals surface area contributed by atoms with Gasteiger partial charge in [0.15, 0.2) is 0 Å². The summed E-state index contributed by atoms with van der Waals surface area (Å²) in [6.07, 6.45) is 0. The summed E-state index contributed by atoms with van der Waals surface area (Å²) < 4.78 is 35.2. The monoisotopic (exact) mass is 501 g/mol. The minimum absolute atomic E-state index is 0.132. The molecule has 0 heterocycles. The van der Waals surface area contributed by atoms with Crippen molar-refractivity contribution < 1.29 is 17.9 Å². The molecule has 31 heavy (non-hydrogen) atoms. The SMILES string of the molecule is COC(=O)[C@@H](c1cccc(C)c1)[C@@H](NS(=O)(=O)c1ccc(C)cc1)c1ccc(Br)cc1. The molecule has 3 rings (SSSR count). The first-order valence-corrected chi connectivity index (χ1v) is 12.0. The van der Waals surface area contributed by atoms with Crippen LogP contribution in [-0.2, 0) is 19.6 Å². The van der Waals surface area contributed by atoms with E-state index in [-0.39, 0.29) is 4.90 Å². The highest BCUT2D eigenvalue weighted by atomic mass is 79.9. The van der Waals surface area contributed by atoms with Crippen molar-refractivity contribution in [2.45, 2.75) is 30.7 Å². The van der Waals surface area contributed by atoms with Gasteiger partial charge < -0.3 is 4.74 Å². The second-order valence-corrected chi connectivity index (χ2v) is 10.0. The zero-order chi connectivity index (χ0) is 22.6. The van der Waals surface area contributed by atoms with Gasteiger partial charge >= 0.3 is 5.97 Å². The predicted molar refractivity (Wildman–Crippen MR) is 124 cm³/mol. The molecule has 0 unspecified atom stereocenters. The third kappa shape index (κ3) is 5.61. The van der Waals surface area contributed by atoms with Crippen molar-refractivity contribution in [3.05, 3.63) is 99.5 Å². The summed E-state index contributed by atoms with van der Waals surface area (Å²) in [4.78, 5) is 13.0. The molecule has 3 aromatic carbocycles. The summed E-state index contributed by atoms with van der Waals surface area (Å²) in [6.45, 7) is 3.81. The average Bonchev–Trinajstić information content (AvgIpc) is 2.74. The Hall–Kier alpha value is -2.48. The van der Waals surface area contributed by atoms with Crippen molar-refractivity contribution in [3.63, 3.8) is 0 Å². The first-order valence-electron chi connectivity index (χ1n) is 9.70. The molecule has 162 valence electrons. The number of hydrogen-bond acceptors (Lipinski definition) is 4. The summed E-state index contributed by atoms with van der Waals surface area (Å²) in [5.41, 5.74) is 3.24. The topological polar surface area (TPSA) is 72.5 Å². The molecule has 0 aliphatic rings. The lowest BCUT2D eigenvalue weighted by molar-refractivity contribution is -0.143. The van der Waals surface area contributed by atoms with E-state index in [9.17, 15) is 13.2 Å². The smallest absolute Gasteiger partial charge is 0.315 e. The fraction of sp³-hybridized carbons (Fsp3) is 0.208. The van der Waals surface area contributed by atoms with Crippen molar-refractivity contribution in [2.24, 2.45) is 0 Å². The summed E-state index contributed by atoms with van der Waals surface area (Å²) in [5, 5.41) is 0. The van der Waals surface area contributed by atoms with Crippen LogP contribution in [0.2, 0.25) is 0 Å². The van der Waals surface area contributed by atoms with Gasteiger partial charge in [-0.3, -0.25) is 4.79 Å². The molecule has 0 amide bonds. The van der Waals surface area contributed by atoms with Crippen molar-refractivity contribution in [1.29, 1.82) is 0 Å². The van der Waals surface area contributed by atoms with Crippen molar-refractivity contribution >= 4 is 31.9 Å². The number of aryl methyl sites for hydroxylation is 2. The molecule has 0 saturated heterocycles. The van der Waals surface area contributed by atoms with E-state index in [1.807, 2.05) is 44.2 Å². The molecule has 1 N–H and O–H groups in total. The van der Waals surface area contributed by atoms with Gasteiger partial charge in [-0.25, -0.2) is 13.1 Å². The van der Waals surface area contributed by atoms with E-state index >= 15 is 0 Å². The van der Waals surface area contributed by atoms with Crippen LogP contribution in [0.25, 0.3) is 0 Å². The van der Waals surface area contributed by atoms with Gasteiger partial charge in [-0.2, -0.15) is 0 Å². The second kappa shape index (κ2) is 9.77. The van der Waals surface area contributed by atoms with Gasteiger partial charge in [0.2, 0.25) is 10.0 Å². The van der Waals surface area contributed by atoms with E-state index in [1.165, 1.54) is 7.11 Å². The molecular formula is C24H24BrNO4S. The van der Waals surface area contributed by atoms with Crippen LogP contribution >= 0.6 is 15.9 Å². The molecule has 7 heteroatoms. The Kier molecular flexibility index (Phi) is 7.30. The van der Waals surface area contributed by atoms with Crippen molar-refractivity contribution in [2.75, 3.05) is 7.11 Å². The maximum atomic E-state index is 13.2. The number of nitrogens with one attached hydrogen (secondary N) is 1. The Balaban J connectivity index is 2.13. The minimum atomic E-state index is -3.91. The van der Waals surface area contributed by atoms with Crippen LogP contribution in [0.5, 0.6) is 0 Å². The normalized spacial score (nSPS) is 13.4. The number of methoxy groups -OCH3 is 1. The number of sulfonamides is 1. The number of benzene rings is 3. The summed E-state index contributed by atoms with van der Waals surface area (Å²) >= 11 is 3.40.